The van der Waals surface area contributed by atoms with Gasteiger partial charge >= 0.3 is 5.97 Å². The summed E-state index contributed by atoms with van der Waals surface area (Å²) in [5.74, 6) is 0.697. The first-order chi connectivity index (χ1) is 14.6. The molecule has 0 fully saturated rings. The van der Waals surface area contributed by atoms with Gasteiger partial charge < -0.3 is 9.47 Å². The fourth-order valence-corrected chi connectivity index (χ4v) is 2.94. The van der Waals surface area contributed by atoms with E-state index in [1.807, 2.05) is 49.4 Å². The summed E-state index contributed by atoms with van der Waals surface area (Å²) in [4.78, 5) is 17.1. The van der Waals surface area contributed by atoms with Crippen molar-refractivity contribution in [1.29, 1.82) is 0 Å². The van der Waals surface area contributed by atoms with Crippen LogP contribution in [0.1, 0.15) is 16.1 Å². The summed E-state index contributed by atoms with van der Waals surface area (Å²) < 4.78 is 10.8. The summed E-state index contributed by atoms with van der Waals surface area (Å²) >= 11 is 0. The van der Waals surface area contributed by atoms with E-state index in [9.17, 15) is 4.79 Å². The van der Waals surface area contributed by atoms with Gasteiger partial charge in [-0.2, -0.15) is 5.11 Å². The van der Waals surface area contributed by atoms with E-state index in [4.69, 9.17) is 9.47 Å². The fraction of sp³-hybridized carbons (Fsp3) is 0.0833. The highest BCUT2D eigenvalue weighted by molar-refractivity contribution is 5.97. The Morgan fingerprint density at radius 1 is 0.867 bits per heavy atom. The Labute approximate surface area is 173 Å². The number of azo groups is 1. The van der Waals surface area contributed by atoms with Gasteiger partial charge in [-0.25, -0.2) is 9.78 Å². The maximum atomic E-state index is 12.5. The highest BCUT2D eigenvalue weighted by Crippen LogP contribution is 2.34. The van der Waals surface area contributed by atoms with E-state index >= 15 is 0 Å². The molecule has 148 valence electrons. The van der Waals surface area contributed by atoms with Crippen molar-refractivity contribution in [3.05, 3.63) is 90.1 Å². The van der Waals surface area contributed by atoms with Crippen LogP contribution >= 0.6 is 0 Å². The van der Waals surface area contributed by atoms with E-state index in [1.165, 1.54) is 0 Å². The van der Waals surface area contributed by atoms with Crippen molar-refractivity contribution >= 4 is 28.2 Å². The highest BCUT2D eigenvalue weighted by Gasteiger charge is 2.14. The van der Waals surface area contributed by atoms with Gasteiger partial charge in [0.05, 0.1) is 24.0 Å². The minimum atomic E-state index is -0.437. The molecule has 6 heteroatoms. The molecule has 30 heavy (non-hydrogen) atoms. The summed E-state index contributed by atoms with van der Waals surface area (Å²) in [6.07, 6.45) is 0. The summed E-state index contributed by atoms with van der Waals surface area (Å²) in [6.45, 7) is 1.88. The second-order valence-electron chi connectivity index (χ2n) is 6.59. The largest absolute Gasteiger partial charge is 0.497 e. The van der Waals surface area contributed by atoms with Crippen LogP contribution in [0, 0.1) is 6.92 Å². The second-order valence-corrected chi connectivity index (χ2v) is 6.59. The summed E-state index contributed by atoms with van der Waals surface area (Å²) in [5, 5.41) is 9.41. The molecule has 0 spiro atoms. The molecular formula is C24H19N3O3. The maximum absolute atomic E-state index is 12.5. The molecule has 4 aromatic rings. The van der Waals surface area contributed by atoms with E-state index in [0.29, 0.717) is 28.2 Å². The van der Waals surface area contributed by atoms with E-state index in [1.54, 1.807) is 43.5 Å². The number of carbonyl (C=O) groups excluding carboxylic acids is 1. The van der Waals surface area contributed by atoms with Crippen LogP contribution in [0.5, 0.6) is 11.5 Å². The third-order valence-corrected chi connectivity index (χ3v) is 4.49. The lowest BCUT2D eigenvalue weighted by Crippen LogP contribution is -2.08. The van der Waals surface area contributed by atoms with Crippen molar-refractivity contribution in [2.24, 2.45) is 10.2 Å². The average Bonchev–Trinajstić information content (AvgIpc) is 2.79. The van der Waals surface area contributed by atoms with Gasteiger partial charge in [0.25, 0.3) is 0 Å². The Bertz CT molecular complexity index is 1220. The molecule has 0 atom stereocenters. The smallest absolute Gasteiger partial charge is 0.343 e. The zero-order chi connectivity index (χ0) is 20.9. The number of benzene rings is 3. The van der Waals surface area contributed by atoms with Crippen LogP contribution in [0.4, 0.5) is 11.4 Å². The molecular weight excluding hydrogens is 378 g/mol. The lowest BCUT2D eigenvalue weighted by molar-refractivity contribution is 0.0736. The molecule has 0 aliphatic carbocycles. The van der Waals surface area contributed by atoms with E-state index in [0.717, 1.165) is 16.8 Å². The molecule has 0 amide bonds. The van der Waals surface area contributed by atoms with E-state index < -0.39 is 5.97 Å². The Morgan fingerprint density at radius 2 is 1.63 bits per heavy atom. The molecule has 0 aliphatic rings. The van der Waals surface area contributed by atoms with Gasteiger partial charge in [-0.3, -0.25) is 0 Å². The molecule has 1 aromatic heterocycles. The third kappa shape index (κ3) is 4.17. The second kappa shape index (κ2) is 8.53. The number of hydrogen-bond donors (Lipinski definition) is 0. The van der Waals surface area contributed by atoms with Gasteiger partial charge in [0.1, 0.15) is 11.3 Å². The predicted molar refractivity (Wildman–Crippen MR) is 115 cm³/mol. The molecule has 0 unspecified atom stereocenters. The summed E-state index contributed by atoms with van der Waals surface area (Å²) in [6, 6.07) is 23.4. The number of pyridine rings is 1. The van der Waals surface area contributed by atoms with Gasteiger partial charge in [0, 0.05) is 11.1 Å². The number of ether oxygens (including phenoxy) is 2. The van der Waals surface area contributed by atoms with Crippen molar-refractivity contribution in [3.8, 4) is 11.5 Å². The highest BCUT2D eigenvalue weighted by atomic mass is 16.5. The molecule has 1 heterocycles. The average molecular weight is 397 g/mol. The quantitative estimate of drug-likeness (QED) is 0.229. The molecule has 0 N–H and O–H groups in total. The lowest BCUT2D eigenvalue weighted by Gasteiger charge is -2.09. The zero-order valence-electron chi connectivity index (χ0n) is 16.6. The first-order valence-corrected chi connectivity index (χ1v) is 9.37. The summed E-state index contributed by atoms with van der Waals surface area (Å²) in [7, 11) is 1.61. The zero-order valence-corrected chi connectivity index (χ0v) is 16.6. The van der Waals surface area contributed by atoms with Crippen LogP contribution in [0.3, 0.4) is 0 Å². The first kappa shape index (κ1) is 19.3. The minimum Gasteiger partial charge on any atom is -0.497 e. The third-order valence-electron chi connectivity index (χ3n) is 4.49. The van der Waals surface area contributed by atoms with Crippen molar-refractivity contribution in [1.82, 2.24) is 4.98 Å². The normalized spacial score (nSPS) is 11.0. The van der Waals surface area contributed by atoms with E-state index in [-0.39, 0.29) is 0 Å². The van der Waals surface area contributed by atoms with Gasteiger partial charge in [0.15, 0.2) is 5.75 Å². The Morgan fingerprint density at radius 3 is 2.37 bits per heavy atom. The summed E-state index contributed by atoms with van der Waals surface area (Å²) in [5.41, 5.74) is 3.17. The standard InChI is InChI=1S/C24H19N3O3/c1-16-8-13-20-21(27-26-18-9-11-19(29-2)12-10-18)14-15-22(23(20)25-16)30-24(28)17-6-4-3-5-7-17/h3-15H,1-2H3. The number of hydrogen-bond acceptors (Lipinski definition) is 6. The van der Waals surface area contributed by atoms with Gasteiger partial charge in [0.2, 0.25) is 0 Å². The lowest BCUT2D eigenvalue weighted by atomic mass is 10.1. The van der Waals surface area contributed by atoms with Gasteiger partial charge in [-0.05, 0) is 67.6 Å². The van der Waals surface area contributed by atoms with E-state index in [2.05, 4.69) is 15.2 Å². The maximum Gasteiger partial charge on any atom is 0.343 e. The topological polar surface area (TPSA) is 73.1 Å². The van der Waals surface area contributed by atoms with Crippen LogP contribution in [0.15, 0.2) is 89.1 Å². The first-order valence-electron chi connectivity index (χ1n) is 9.37. The SMILES string of the molecule is COc1ccc(N=Nc2ccc(OC(=O)c3ccccc3)c3nc(C)ccc23)cc1. The number of aromatic nitrogens is 1. The Balaban J connectivity index is 1.68. The molecule has 3 aromatic carbocycles. The molecule has 0 aliphatic heterocycles. The monoisotopic (exact) mass is 397 g/mol. The van der Waals surface area contributed by atoms with Gasteiger partial charge in [-0.1, -0.05) is 18.2 Å². The molecule has 0 radical (unpaired) electrons. The Kier molecular flexibility index (Phi) is 5.48. The van der Waals surface area contributed by atoms with Crippen molar-refractivity contribution in [2.45, 2.75) is 6.92 Å². The van der Waals surface area contributed by atoms with Gasteiger partial charge in [-0.15, -0.1) is 5.11 Å². The number of aryl methyl sites for hydroxylation is 1. The van der Waals surface area contributed by atoms with Crippen molar-refractivity contribution < 1.29 is 14.3 Å². The molecule has 6 nitrogen and oxygen atoms in total. The number of fused-ring (bicyclic) bond motifs is 1. The van der Waals surface area contributed by atoms with Crippen LogP contribution in [0.25, 0.3) is 10.9 Å². The van der Waals surface area contributed by atoms with Crippen LogP contribution < -0.4 is 9.47 Å². The molecule has 0 saturated carbocycles. The number of methoxy groups -OCH3 is 1. The molecule has 0 saturated heterocycles. The minimum absolute atomic E-state index is 0.381. The number of carbonyl (C=O) groups is 1. The number of rotatable bonds is 5. The predicted octanol–water partition coefficient (Wildman–Crippen LogP) is 6.19. The van der Waals surface area contributed by atoms with Crippen molar-refractivity contribution in [2.75, 3.05) is 7.11 Å². The van der Waals surface area contributed by atoms with Crippen LogP contribution in [0.2, 0.25) is 0 Å². The molecule has 0 bridgehead atoms. The van der Waals surface area contributed by atoms with Crippen LogP contribution in [-0.2, 0) is 0 Å². The number of nitrogens with zero attached hydrogens (tertiary/aromatic N) is 3. The Hall–Kier alpha value is -4.06. The number of esters is 1. The fourth-order valence-electron chi connectivity index (χ4n) is 2.94. The molecule has 4 rings (SSSR count). The van der Waals surface area contributed by atoms with Crippen molar-refractivity contribution in [3.63, 3.8) is 0 Å². The van der Waals surface area contributed by atoms with Crippen LogP contribution in [-0.4, -0.2) is 18.1 Å².